The summed E-state index contributed by atoms with van der Waals surface area (Å²) in [5, 5.41) is 0. The van der Waals surface area contributed by atoms with Crippen LogP contribution in [0, 0.1) is 47.3 Å². The van der Waals surface area contributed by atoms with Gasteiger partial charge in [-0.15, -0.1) is 0 Å². The molecule has 2 rings (SSSR count). The molecule has 2 saturated carbocycles. The van der Waals surface area contributed by atoms with Crippen LogP contribution in [-0.2, 0) is 0 Å². The monoisotopic (exact) mass is 530 g/mol. The molecule has 7 atom stereocenters. The van der Waals surface area contributed by atoms with Crippen LogP contribution in [0.4, 0.5) is 0 Å². The average Bonchev–Trinajstić information content (AvgIpc) is 2.85. The Kier molecular flexibility index (Phi) is 16.9. The van der Waals surface area contributed by atoms with Gasteiger partial charge in [-0.05, 0) is 126 Å². The van der Waals surface area contributed by atoms with Crippen molar-refractivity contribution in [1.82, 2.24) is 4.90 Å². The lowest BCUT2D eigenvalue weighted by molar-refractivity contribution is 0.140. The van der Waals surface area contributed by atoms with Gasteiger partial charge in [-0.2, -0.15) is 0 Å². The summed E-state index contributed by atoms with van der Waals surface area (Å²) in [7, 11) is 4.40. The van der Waals surface area contributed by atoms with Crippen molar-refractivity contribution in [2.24, 2.45) is 47.3 Å². The van der Waals surface area contributed by atoms with Crippen molar-refractivity contribution in [2.45, 2.75) is 157 Å². The van der Waals surface area contributed by atoms with Crippen LogP contribution >= 0.6 is 0 Å². The van der Waals surface area contributed by atoms with Gasteiger partial charge < -0.3 is 4.90 Å². The first-order valence-electron chi connectivity index (χ1n) is 17.5. The molecule has 0 aromatic carbocycles. The summed E-state index contributed by atoms with van der Waals surface area (Å²) in [5.74, 6) is 7.47. The number of fused-ring (bicyclic) bond motifs is 1. The van der Waals surface area contributed by atoms with Crippen LogP contribution in [-0.4, -0.2) is 25.5 Å². The predicted molar refractivity (Wildman–Crippen MR) is 172 cm³/mol. The number of hydrogen-bond acceptors (Lipinski definition) is 1. The van der Waals surface area contributed by atoms with Crippen LogP contribution in [0.2, 0.25) is 0 Å². The Morgan fingerprint density at radius 2 is 1.32 bits per heavy atom. The second-order valence-electron chi connectivity index (χ2n) is 15.2. The molecular formula is C37H71N. The molecule has 0 aromatic heterocycles. The van der Waals surface area contributed by atoms with Crippen LogP contribution in [0.1, 0.15) is 157 Å². The Labute approximate surface area is 241 Å². The Morgan fingerprint density at radius 3 is 1.89 bits per heavy atom. The highest BCUT2D eigenvalue weighted by Crippen LogP contribution is 2.43. The number of rotatable bonds is 14. The first kappa shape index (κ1) is 33.9. The maximum absolute atomic E-state index is 4.64. The number of allylic oxidation sites excluding steroid dienone is 1. The van der Waals surface area contributed by atoms with Crippen LogP contribution in [0.15, 0.2) is 12.2 Å². The minimum Gasteiger partial charge on any atom is -0.309 e. The molecule has 1 nitrogen and oxygen atoms in total. The smallest absolute Gasteiger partial charge is 0.00247 e. The summed E-state index contributed by atoms with van der Waals surface area (Å²) >= 11 is 0. The Balaban J connectivity index is 2.00. The van der Waals surface area contributed by atoms with E-state index in [0.717, 1.165) is 47.3 Å². The van der Waals surface area contributed by atoms with E-state index in [0.29, 0.717) is 0 Å². The standard InChI is InChI=1S/C37H71N/c1-29(2)14-11-16-30(3)21-22-36-24-23-34-19-12-17-32(5)33(6)18-13-20-35(34)25-26-37(36)28-31(4)15-9-10-27-38(7)8/h29-30,32-37H,4,9-28H2,1-3,5-8H3. The van der Waals surface area contributed by atoms with E-state index in [1.807, 2.05) is 0 Å². The van der Waals surface area contributed by atoms with Crippen LogP contribution in [0.5, 0.6) is 0 Å². The molecule has 7 unspecified atom stereocenters. The van der Waals surface area contributed by atoms with Crippen molar-refractivity contribution in [1.29, 1.82) is 0 Å². The second kappa shape index (κ2) is 18.9. The molecule has 0 aliphatic heterocycles. The summed E-state index contributed by atoms with van der Waals surface area (Å²) in [6.07, 6.45) is 27.4. The van der Waals surface area contributed by atoms with Gasteiger partial charge in [-0.1, -0.05) is 111 Å². The van der Waals surface area contributed by atoms with Gasteiger partial charge in [0.05, 0.1) is 0 Å². The Bertz CT molecular complexity index is 606. The molecule has 1 heteroatoms. The predicted octanol–water partition coefficient (Wildman–Crippen LogP) is 11.6. The van der Waals surface area contributed by atoms with E-state index in [1.165, 1.54) is 129 Å². The van der Waals surface area contributed by atoms with Gasteiger partial charge in [0, 0.05) is 0 Å². The number of unbranched alkanes of at least 4 members (excludes halogenated alkanes) is 1. The minimum atomic E-state index is 0.859. The molecule has 0 heterocycles. The molecular weight excluding hydrogens is 458 g/mol. The zero-order valence-corrected chi connectivity index (χ0v) is 27.4. The van der Waals surface area contributed by atoms with Crippen molar-refractivity contribution < 1.29 is 0 Å². The van der Waals surface area contributed by atoms with Gasteiger partial charge >= 0.3 is 0 Å². The van der Waals surface area contributed by atoms with Crippen molar-refractivity contribution >= 4 is 0 Å². The molecule has 0 aromatic rings. The second-order valence-corrected chi connectivity index (χ2v) is 15.2. The zero-order valence-electron chi connectivity index (χ0n) is 27.4. The molecule has 0 amide bonds. The fraction of sp³-hybridized carbons (Fsp3) is 0.946. The van der Waals surface area contributed by atoms with Crippen LogP contribution in [0.3, 0.4) is 0 Å². The molecule has 2 fully saturated rings. The van der Waals surface area contributed by atoms with Crippen LogP contribution < -0.4 is 0 Å². The quantitative estimate of drug-likeness (QED) is 0.160. The normalized spacial score (nSPS) is 30.4. The maximum Gasteiger partial charge on any atom is -0.00247 e. The Morgan fingerprint density at radius 1 is 0.711 bits per heavy atom. The van der Waals surface area contributed by atoms with Gasteiger partial charge in [-0.3, -0.25) is 0 Å². The summed E-state index contributed by atoms with van der Waals surface area (Å²) < 4.78 is 0. The van der Waals surface area contributed by atoms with Gasteiger partial charge in [0.1, 0.15) is 0 Å². The van der Waals surface area contributed by atoms with Crippen LogP contribution in [0.25, 0.3) is 0 Å². The third-order valence-corrected chi connectivity index (χ3v) is 11.0. The summed E-state index contributed by atoms with van der Waals surface area (Å²) in [6, 6.07) is 0. The minimum absolute atomic E-state index is 0.859. The summed E-state index contributed by atoms with van der Waals surface area (Å²) in [5.41, 5.74) is 1.56. The molecule has 224 valence electrons. The van der Waals surface area contributed by atoms with Gasteiger partial charge in [0.25, 0.3) is 0 Å². The fourth-order valence-corrected chi connectivity index (χ4v) is 7.97. The highest BCUT2D eigenvalue weighted by atomic mass is 15.0. The molecule has 0 spiro atoms. The van der Waals surface area contributed by atoms with Gasteiger partial charge in [0.15, 0.2) is 0 Å². The lowest BCUT2D eigenvalue weighted by Crippen LogP contribution is -2.26. The highest BCUT2D eigenvalue weighted by molar-refractivity contribution is 4.98. The van der Waals surface area contributed by atoms with E-state index in [4.69, 9.17) is 0 Å². The third kappa shape index (κ3) is 13.9. The Hall–Kier alpha value is -0.300. The van der Waals surface area contributed by atoms with Crippen molar-refractivity contribution in [3.8, 4) is 0 Å². The van der Waals surface area contributed by atoms with Crippen molar-refractivity contribution in [2.75, 3.05) is 20.6 Å². The van der Waals surface area contributed by atoms with Gasteiger partial charge in [0.2, 0.25) is 0 Å². The van der Waals surface area contributed by atoms with E-state index in [9.17, 15) is 0 Å². The SMILES string of the molecule is C=C(CCCCN(C)C)CC1CCC2CCCC(C)C(C)CCCC2CCC1CCC(C)CCCC(C)C. The zero-order chi connectivity index (χ0) is 27.9. The molecule has 2 aliphatic rings. The maximum atomic E-state index is 4.64. The average molecular weight is 530 g/mol. The van der Waals surface area contributed by atoms with Crippen molar-refractivity contribution in [3.05, 3.63) is 12.2 Å². The number of hydrogen-bond donors (Lipinski definition) is 0. The summed E-state index contributed by atoms with van der Waals surface area (Å²) in [6.45, 7) is 18.2. The molecule has 0 bridgehead atoms. The van der Waals surface area contributed by atoms with Gasteiger partial charge in [-0.25, -0.2) is 0 Å². The molecule has 0 N–H and O–H groups in total. The lowest BCUT2D eigenvalue weighted by Gasteiger charge is -2.38. The van der Waals surface area contributed by atoms with Crippen molar-refractivity contribution in [3.63, 3.8) is 0 Å². The molecule has 2 aliphatic carbocycles. The molecule has 0 saturated heterocycles. The first-order valence-corrected chi connectivity index (χ1v) is 17.5. The molecule has 38 heavy (non-hydrogen) atoms. The van der Waals surface area contributed by atoms with E-state index in [1.54, 1.807) is 5.57 Å². The number of nitrogens with zero attached hydrogens (tertiary/aromatic N) is 1. The van der Waals surface area contributed by atoms with E-state index in [2.05, 4.69) is 60.2 Å². The van der Waals surface area contributed by atoms with E-state index < -0.39 is 0 Å². The fourth-order valence-electron chi connectivity index (χ4n) is 7.97. The third-order valence-electron chi connectivity index (χ3n) is 11.0. The summed E-state index contributed by atoms with van der Waals surface area (Å²) in [4.78, 5) is 2.33. The molecule has 0 radical (unpaired) electrons. The highest BCUT2D eigenvalue weighted by Gasteiger charge is 2.31. The lowest BCUT2D eigenvalue weighted by atomic mass is 9.67. The largest absolute Gasteiger partial charge is 0.309 e. The first-order chi connectivity index (χ1) is 18.2. The topological polar surface area (TPSA) is 3.24 Å². The van der Waals surface area contributed by atoms with E-state index >= 15 is 0 Å². The van der Waals surface area contributed by atoms with E-state index in [-0.39, 0.29) is 0 Å².